The van der Waals surface area contributed by atoms with Crippen molar-refractivity contribution in [3.05, 3.63) is 17.5 Å². The molecule has 1 amide bonds. The van der Waals surface area contributed by atoms with E-state index in [1.165, 1.54) is 10.8 Å². The van der Waals surface area contributed by atoms with Gasteiger partial charge < -0.3 is 11.1 Å². The van der Waals surface area contributed by atoms with Crippen molar-refractivity contribution in [1.82, 2.24) is 19.6 Å². The average molecular weight is 269 g/mol. The molecule has 0 aliphatic heterocycles. The number of primary amides is 1. The Morgan fingerprint density at radius 1 is 1.61 bits per heavy atom. The lowest BCUT2D eigenvalue weighted by Crippen LogP contribution is -2.36. The SMILES string of the molecule is CC(C)(CC(N)=O)Nc1cc(Cl)nc2ncnn12. The number of hydrogen-bond donors (Lipinski definition) is 2. The van der Waals surface area contributed by atoms with Gasteiger partial charge in [-0.3, -0.25) is 4.79 Å². The normalized spacial score (nSPS) is 11.7. The zero-order valence-electron chi connectivity index (χ0n) is 10.0. The number of nitrogens with two attached hydrogens (primary N) is 1. The molecular formula is C10H13ClN6O. The standard InChI is InChI=1S/C10H13ClN6O/c1-10(2,4-7(12)18)16-8-3-6(11)15-9-13-5-14-17(8)9/h3,5,16H,4H2,1-2H3,(H2,12,18). The Labute approximate surface area is 108 Å². The van der Waals surface area contributed by atoms with Crippen LogP contribution in [0.15, 0.2) is 12.4 Å². The number of rotatable bonds is 4. The van der Waals surface area contributed by atoms with E-state index in [1.54, 1.807) is 6.07 Å². The maximum absolute atomic E-state index is 11.0. The minimum Gasteiger partial charge on any atom is -0.370 e. The number of carbonyl (C=O) groups is 1. The summed E-state index contributed by atoms with van der Waals surface area (Å²) in [5.41, 5.74) is 4.68. The molecule has 0 aromatic carbocycles. The summed E-state index contributed by atoms with van der Waals surface area (Å²) in [4.78, 5) is 19.0. The van der Waals surface area contributed by atoms with Crippen LogP contribution in [0.25, 0.3) is 5.78 Å². The second-order valence-corrected chi connectivity index (χ2v) is 4.98. The summed E-state index contributed by atoms with van der Waals surface area (Å²) < 4.78 is 1.51. The molecular weight excluding hydrogens is 256 g/mol. The van der Waals surface area contributed by atoms with Gasteiger partial charge in [0.1, 0.15) is 17.3 Å². The van der Waals surface area contributed by atoms with Gasteiger partial charge >= 0.3 is 0 Å². The number of anilines is 1. The third-order valence-corrected chi connectivity index (χ3v) is 2.50. The van der Waals surface area contributed by atoms with Crippen LogP contribution >= 0.6 is 11.6 Å². The highest BCUT2D eigenvalue weighted by atomic mass is 35.5. The molecule has 3 N–H and O–H groups in total. The van der Waals surface area contributed by atoms with Crippen molar-refractivity contribution in [2.75, 3.05) is 5.32 Å². The minimum atomic E-state index is -0.518. The van der Waals surface area contributed by atoms with Gasteiger partial charge in [-0.05, 0) is 13.8 Å². The summed E-state index contributed by atoms with van der Waals surface area (Å²) in [6, 6.07) is 1.62. The van der Waals surface area contributed by atoms with E-state index in [1.807, 2.05) is 13.8 Å². The highest BCUT2D eigenvalue weighted by Gasteiger charge is 2.22. The van der Waals surface area contributed by atoms with Crippen LogP contribution in [0, 0.1) is 0 Å². The molecule has 2 heterocycles. The van der Waals surface area contributed by atoms with Crippen molar-refractivity contribution < 1.29 is 4.79 Å². The Hall–Kier alpha value is -1.89. The molecule has 2 aromatic rings. The number of nitrogens with zero attached hydrogens (tertiary/aromatic N) is 4. The highest BCUT2D eigenvalue weighted by molar-refractivity contribution is 6.29. The van der Waals surface area contributed by atoms with Crippen LogP contribution in [0.5, 0.6) is 0 Å². The van der Waals surface area contributed by atoms with Gasteiger partial charge in [-0.2, -0.15) is 19.6 Å². The van der Waals surface area contributed by atoms with E-state index >= 15 is 0 Å². The Morgan fingerprint density at radius 3 is 3.00 bits per heavy atom. The first kappa shape index (κ1) is 12.6. The van der Waals surface area contributed by atoms with Crippen LogP contribution in [0.2, 0.25) is 5.15 Å². The number of hydrogen-bond acceptors (Lipinski definition) is 5. The van der Waals surface area contributed by atoms with Gasteiger partial charge in [-0.25, -0.2) is 0 Å². The van der Waals surface area contributed by atoms with Gasteiger partial charge in [0.15, 0.2) is 0 Å². The summed E-state index contributed by atoms with van der Waals surface area (Å²) in [5, 5.41) is 7.48. The largest absolute Gasteiger partial charge is 0.370 e. The van der Waals surface area contributed by atoms with Crippen LogP contribution in [0.3, 0.4) is 0 Å². The summed E-state index contributed by atoms with van der Waals surface area (Å²) >= 11 is 5.89. The first-order chi connectivity index (χ1) is 8.37. The molecule has 0 spiro atoms. The second kappa shape index (κ2) is 4.41. The van der Waals surface area contributed by atoms with Crippen LogP contribution in [-0.4, -0.2) is 31.0 Å². The first-order valence-corrected chi connectivity index (χ1v) is 5.68. The van der Waals surface area contributed by atoms with E-state index < -0.39 is 5.54 Å². The molecule has 0 saturated heterocycles. The van der Waals surface area contributed by atoms with Gasteiger partial charge in [0.25, 0.3) is 5.78 Å². The van der Waals surface area contributed by atoms with Gasteiger partial charge in [-0.15, -0.1) is 0 Å². The second-order valence-electron chi connectivity index (χ2n) is 4.59. The predicted molar refractivity (Wildman–Crippen MR) is 67.3 cm³/mol. The summed E-state index contributed by atoms with van der Waals surface area (Å²) in [6.07, 6.45) is 1.56. The highest BCUT2D eigenvalue weighted by Crippen LogP contribution is 2.20. The monoisotopic (exact) mass is 268 g/mol. The van der Waals surface area contributed by atoms with Crippen LogP contribution in [0.4, 0.5) is 5.82 Å². The third-order valence-electron chi connectivity index (χ3n) is 2.30. The maximum atomic E-state index is 11.0. The fraction of sp³-hybridized carbons (Fsp3) is 0.400. The van der Waals surface area contributed by atoms with E-state index in [2.05, 4.69) is 20.4 Å². The lowest BCUT2D eigenvalue weighted by Gasteiger charge is -2.26. The molecule has 0 aliphatic rings. The van der Waals surface area contributed by atoms with Crippen molar-refractivity contribution in [2.45, 2.75) is 25.8 Å². The molecule has 0 aliphatic carbocycles. The Balaban J connectivity index is 2.36. The van der Waals surface area contributed by atoms with Gasteiger partial charge in [0.2, 0.25) is 5.91 Å². The summed E-state index contributed by atoms with van der Waals surface area (Å²) in [7, 11) is 0. The topological polar surface area (TPSA) is 98.2 Å². The van der Waals surface area contributed by atoms with Crippen LogP contribution in [0.1, 0.15) is 20.3 Å². The van der Waals surface area contributed by atoms with E-state index in [0.29, 0.717) is 16.7 Å². The van der Waals surface area contributed by atoms with Crippen molar-refractivity contribution in [1.29, 1.82) is 0 Å². The molecule has 0 bridgehead atoms. The van der Waals surface area contributed by atoms with Crippen molar-refractivity contribution in [3.63, 3.8) is 0 Å². The number of nitrogens with one attached hydrogen (secondary N) is 1. The van der Waals surface area contributed by atoms with Crippen LogP contribution < -0.4 is 11.1 Å². The van der Waals surface area contributed by atoms with Gasteiger partial charge in [-0.1, -0.05) is 11.6 Å². The third kappa shape index (κ3) is 2.67. The molecule has 0 radical (unpaired) electrons. The minimum absolute atomic E-state index is 0.184. The van der Waals surface area contributed by atoms with Crippen molar-refractivity contribution in [3.8, 4) is 0 Å². The number of amides is 1. The molecule has 2 aromatic heterocycles. The number of fused-ring (bicyclic) bond motifs is 1. The Kier molecular flexibility index (Phi) is 3.08. The van der Waals surface area contributed by atoms with Gasteiger partial charge in [0, 0.05) is 18.0 Å². The quantitative estimate of drug-likeness (QED) is 0.801. The van der Waals surface area contributed by atoms with Crippen molar-refractivity contribution >= 4 is 29.1 Å². The van der Waals surface area contributed by atoms with E-state index in [-0.39, 0.29) is 12.3 Å². The van der Waals surface area contributed by atoms with E-state index in [9.17, 15) is 4.79 Å². The lowest BCUT2D eigenvalue weighted by molar-refractivity contribution is -0.118. The van der Waals surface area contributed by atoms with Gasteiger partial charge in [0.05, 0.1) is 0 Å². The zero-order valence-corrected chi connectivity index (χ0v) is 10.8. The maximum Gasteiger partial charge on any atom is 0.255 e. The molecule has 0 unspecified atom stereocenters. The molecule has 96 valence electrons. The fourth-order valence-electron chi connectivity index (χ4n) is 1.70. The molecule has 0 atom stereocenters. The first-order valence-electron chi connectivity index (χ1n) is 5.30. The number of aromatic nitrogens is 4. The smallest absolute Gasteiger partial charge is 0.255 e. The lowest BCUT2D eigenvalue weighted by atomic mass is 10.0. The van der Waals surface area contributed by atoms with E-state index in [0.717, 1.165) is 0 Å². The average Bonchev–Trinajstić information content (AvgIpc) is 2.61. The molecule has 18 heavy (non-hydrogen) atoms. The molecule has 2 rings (SSSR count). The molecule has 7 nitrogen and oxygen atoms in total. The summed E-state index contributed by atoms with van der Waals surface area (Å²) in [5.74, 6) is 0.608. The zero-order chi connectivity index (χ0) is 13.3. The predicted octanol–water partition coefficient (Wildman–Crippen LogP) is 0.844. The van der Waals surface area contributed by atoms with Crippen molar-refractivity contribution in [2.24, 2.45) is 5.73 Å². The molecule has 8 heteroatoms. The Morgan fingerprint density at radius 2 is 2.33 bits per heavy atom. The van der Waals surface area contributed by atoms with E-state index in [4.69, 9.17) is 17.3 Å². The summed E-state index contributed by atoms with van der Waals surface area (Å²) in [6.45, 7) is 3.71. The number of halogens is 1. The molecule has 0 saturated carbocycles. The number of carbonyl (C=O) groups excluding carboxylic acids is 1. The Bertz CT molecular complexity index is 593. The van der Waals surface area contributed by atoms with Crippen LogP contribution in [-0.2, 0) is 4.79 Å². The molecule has 0 fully saturated rings. The fourth-order valence-corrected chi connectivity index (χ4v) is 1.88.